The van der Waals surface area contributed by atoms with Crippen molar-refractivity contribution in [2.75, 3.05) is 18.8 Å². The zero-order chi connectivity index (χ0) is 11.0. The molecule has 0 aromatic rings. The van der Waals surface area contributed by atoms with Crippen molar-refractivity contribution in [3.05, 3.63) is 12.2 Å². The summed E-state index contributed by atoms with van der Waals surface area (Å²) in [5.41, 5.74) is 1.23. The highest BCUT2D eigenvalue weighted by Crippen LogP contribution is 2.08. The minimum atomic E-state index is 0.665. The summed E-state index contributed by atoms with van der Waals surface area (Å²) in [6.45, 7) is 13.0. The molecule has 84 valence electrons. The maximum atomic E-state index is 4.25. The maximum absolute atomic E-state index is 4.25. The van der Waals surface area contributed by atoms with Gasteiger partial charge >= 0.3 is 0 Å². The third-order valence-corrected chi connectivity index (χ3v) is 3.11. The molecule has 0 spiro atoms. The van der Waals surface area contributed by atoms with E-state index in [1.165, 1.54) is 31.4 Å². The van der Waals surface area contributed by atoms with Crippen LogP contribution in [0.3, 0.4) is 0 Å². The smallest absolute Gasteiger partial charge is 0.0201 e. The molecule has 14 heavy (non-hydrogen) atoms. The van der Waals surface area contributed by atoms with E-state index in [-0.39, 0.29) is 0 Å². The van der Waals surface area contributed by atoms with Crippen LogP contribution in [0.15, 0.2) is 12.2 Å². The van der Waals surface area contributed by atoms with Crippen LogP contribution in [0.1, 0.15) is 40.0 Å². The minimum absolute atomic E-state index is 0.665. The van der Waals surface area contributed by atoms with Gasteiger partial charge in [-0.3, -0.25) is 4.90 Å². The summed E-state index contributed by atoms with van der Waals surface area (Å²) in [6.07, 6.45) is 3.76. The van der Waals surface area contributed by atoms with Gasteiger partial charge in [0, 0.05) is 18.3 Å². The maximum Gasteiger partial charge on any atom is 0.0201 e. The van der Waals surface area contributed by atoms with Gasteiger partial charge in [-0.15, -0.1) is 0 Å². The number of unbranched alkanes of at least 4 members (excludes halogenated alkanes) is 1. The average Bonchev–Trinajstić information content (AvgIpc) is 2.22. The topological polar surface area (TPSA) is 3.24 Å². The fourth-order valence-corrected chi connectivity index (χ4v) is 1.51. The predicted octanol–water partition coefficient (Wildman–Crippen LogP) is 3.37. The van der Waals surface area contributed by atoms with Crippen molar-refractivity contribution in [3.8, 4) is 0 Å². The van der Waals surface area contributed by atoms with Crippen LogP contribution in [0.4, 0.5) is 0 Å². The van der Waals surface area contributed by atoms with Crippen LogP contribution in [0, 0.1) is 0 Å². The second-order valence-electron chi connectivity index (χ2n) is 3.99. The van der Waals surface area contributed by atoms with Gasteiger partial charge in [0.25, 0.3) is 0 Å². The van der Waals surface area contributed by atoms with E-state index < -0.39 is 0 Å². The first kappa shape index (κ1) is 14.1. The Labute approximate surface area is 95.0 Å². The Morgan fingerprint density at radius 3 is 2.50 bits per heavy atom. The number of thiol groups is 1. The summed E-state index contributed by atoms with van der Waals surface area (Å²) in [7, 11) is 0. The molecule has 0 bridgehead atoms. The molecule has 0 heterocycles. The van der Waals surface area contributed by atoms with Gasteiger partial charge < -0.3 is 0 Å². The van der Waals surface area contributed by atoms with E-state index >= 15 is 0 Å². The monoisotopic (exact) mass is 215 g/mol. The molecule has 2 heteroatoms. The van der Waals surface area contributed by atoms with Crippen molar-refractivity contribution in [2.45, 2.75) is 46.1 Å². The van der Waals surface area contributed by atoms with Gasteiger partial charge in [0.05, 0.1) is 0 Å². The Morgan fingerprint density at radius 2 is 2.07 bits per heavy atom. The molecule has 0 rings (SSSR count). The van der Waals surface area contributed by atoms with Gasteiger partial charge in [0.1, 0.15) is 0 Å². The van der Waals surface area contributed by atoms with E-state index in [2.05, 4.69) is 44.9 Å². The summed E-state index contributed by atoms with van der Waals surface area (Å²) in [4.78, 5) is 2.52. The largest absolute Gasteiger partial charge is 0.297 e. The van der Waals surface area contributed by atoms with Crippen molar-refractivity contribution in [3.63, 3.8) is 0 Å². The van der Waals surface area contributed by atoms with Crippen LogP contribution in [0.5, 0.6) is 0 Å². The van der Waals surface area contributed by atoms with E-state index in [0.29, 0.717) is 6.04 Å². The third-order valence-electron chi connectivity index (χ3n) is 2.66. The van der Waals surface area contributed by atoms with Gasteiger partial charge in [0.2, 0.25) is 0 Å². The lowest BCUT2D eigenvalue weighted by Gasteiger charge is -2.28. The second kappa shape index (κ2) is 8.37. The highest BCUT2D eigenvalue weighted by atomic mass is 32.1. The van der Waals surface area contributed by atoms with Crippen LogP contribution >= 0.6 is 12.6 Å². The van der Waals surface area contributed by atoms with Crippen molar-refractivity contribution in [1.29, 1.82) is 0 Å². The molecule has 0 aliphatic carbocycles. The Balaban J connectivity index is 4.02. The normalized spacial score (nSPS) is 13.2. The van der Waals surface area contributed by atoms with Crippen molar-refractivity contribution in [1.82, 2.24) is 4.90 Å². The molecule has 0 N–H and O–H groups in total. The molecule has 0 aliphatic heterocycles. The van der Waals surface area contributed by atoms with Gasteiger partial charge in [-0.25, -0.2) is 0 Å². The molecule has 1 unspecified atom stereocenters. The summed E-state index contributed by atoms with van der Waals surface area (Å²) in [5, 5.41) is 0. The third kappa shape index (κ3) is 5.71. The Hall–Kier alpha value is 0.0500. The zero-order valence-electron chi connectivity index (χ0n) is 9.92. The van der Waals surface area contributed by atoms with Gasteiger partial charge in [-0.05, 0) is 26.3 Å². The molecule has 1 atom stereocenters. The van der Waals surface area contributed by atoms with E-state index in [1.807, 2.05) is 0 Å². The minimum Gasteiger partial charge on any atom is -0.297 e. The number of hydrogen-bond donors (Lipinski definition) is 1. The van der Waals surface area contributed by atoms with Crippen molar-refractivity contribution < 1.29 is 0 Å². The molecule has 0 saturated carbocycles. The molecule has 0 saturated heterocycles. The lowest BCUT2D eigenvalue weighted by atomic mass is 10.1. The summed E-state index contributed by atoms with van der Waals surface area (Å²) < 4.78 is 0. The lowest BCUT2D eigenvalue weighted by molar-refractivity contribution is 0.218. The molecule has 0 radical (unpaired) electrons. The molecular formula is C12H25NS. The average molecular weight is 215 g/mol. The highest BCUT2D eigenvalue weighted by Gasteiger charge is 2.11. The summed E-state index contributed by atoms with van der Waals surface area (Å²) in [5.74, 6) is 0.805. The fourth-order valence-electron chi connectivity index (χ4n) is 1.41. The number of nitrogens with zero attached hydrogens (tertiary/aromatic N) is 1. The molecule has 0 aromatic heterocycles. The molecule has 1 nitrogen and oxygen atoms in total. The van der Waals surface area contributed by atoms with Gasteiger partial charge in [0.15, 0.2) is 0 Å². The Kier molecular flexibility index (Phi) is 8.40. The molecule has 0 fully saturated rings. The molecular weight excluding hydrogens is 190 g/mol. The van der Waals surface area contributed by atoms with E-state index in [9.17, 15) is 0 Å². The first-order valence-corrected chi connectivity index (χ1v) is 6.30. The SMILES string of the molecule is C=C(CS)CN(CCCC)C(C)CC. The predicted molar refractivity (Wildman–Crippen MR) is 69.2 cm³/mol. The van der Waals surface area contributed by atoms with Crippen LogP contribution in [0.2, 0.25) is 0 Å². The van der Waals surface area contributed by atoms with Crippen LogP contribution in [-0.4, -0.2) is 29.8 Å². The number of rotatable bonds is 8. The van der Waals surface area contributed by atoms with E-state index in [0.717, 1.165) is 12.3 Å². The quantitative estimate of drug-likeness (QED) is 0.480. The standard InChI is InChI=1S/C12H25NS/c1-5-7-8-13(12(4)6-2)9-11(3)10-14/h12,14H,3,5-10H2,1-2,4H3. The lowest BCUT2D eigenvalue weighted by Crippen LogP contribution is -2.35. The Morgan fingerprint density at radius 1 is 1.43 bits per heavy atom. The Bertz CT molecular complexity index is 156. The summed E-state index contributed by atoms with van der Waals surface area (Å²) >= 11 is 4.25. The van der Waals surface area contributed by atoms with Gasteiger partial charge in [-0.2, -0.15) is 12.6 Å². The second-order valence-corrected chi connectivity index (χ2v) is 4.31. The summed E-state index contributed by atoms with van der Waals surface area (Å²) in [6, 6.07) is 0.665. The molecule has 0 aliphatic rings. The van der Waals surface area contributed by atoms with Crippen molar-refractivity contribution in [2.24, 2.45) is 0 Å². The van der Waals surface area contributed by atoms with E-state index in [4.69, 9.17) is 0 Å². The van der Waals surface area contributed by atoms with Crippen LogP contribution in [0.25, 0.3) is 0 Å². The first-order chi connectivity index (χ1) is 6.65. The fraction of sp³-hybridized carbons (Fsp3) is 0.833. The molecule has 0 amide bonds. The zero-order valence-corrected chi connectivity index (χ0v) is 10.8. The van der Waals surface area contributed by atoms with Crippen LogP contribution in [-0.2, 0) is 0 Å². The highest BCUT2D eigenvalue weighted by molar-refractivity contribution is 7.80. The number of hydrogen-bond acceptors (Lipinski definition) is 2. The molecule has 0 aromatic carbocycles. The van der Waals surface area contributed by atoms with Gasteiger partial charge in [-0.1, -0.05) is 32.4 Å². The first-order valence-electron chi connectivity index (χ1n) is 5.67. The van der Waals surface area contributed by atoms with Crippen LogP contribution < -0.4 is 0 Å². The van der Waals surface area contributed by atoms with Crippen molar-refractivity contribution >= 4 is 12.6 Å². The van der Waals surface area contributed by atoms with E-state index in [1.54, 1.807) is 0 Å².